The van der Waals surface area contributed by atoms with Crippen molar-refractivity contribution in [2.75, 3.05) is 13.6 Å². The Morgan fingerprint density at radius 1 is 1.50 bits per heavy atom. The molecule has 0 saturated heterocycles. The third kappa shape index (κ3) is 4.27. The van der Waals surface area contributed by atoms with E-state index in [1.165, 1.54) is 0 Å². The van der Waals surface area contributed by atoms with Gasteiger partial charge in [-0.25, -0.2) is 0 Å². The van der Waals surface area contributed by atoms with Gasteiger partial charge in [0, 0.05) is 24.5 Å². The van der Waals surface area contributed by atoms with Gasteiger partial charge in [0.05, 0.1) is 11.4 Å². The Balaban J connectivity index is 2.61. The van der Waals surface area contributed by atoms with Crippen molar-refractivity contribution < 1.29 is 4.79 Å². The minimum Gasteiger partial charge on any atom is -0.393 e. The maximum absolute atomic E-state index is 12.0. The first-order chi connectivity index (χ1) is 8.41. The molecule has 1 amide bonds. The van der Waals surface area contributed by atoms with Crippen LogP contribution in [0, 0.1) is 5.92 Å². The highest BCUT2D eigenvalue weighted by Gasteiger charge is 2.15. The third-order valence-corrected chi connectivity index (χ3v) is 3.53. The second kappa shape index (κ2) is 6.71. The molecule has 5 heteroatoms. The molecule has 2 N–H and O–H groups in total. The Morgan fingerprint density at radius 2 is 2.11 bits per heavy atom. The molecule has 1 unspecified atom stereocenters. The van der Waals surface area contributed by atoms with Gasteiger partial charge in [-0.1, -0.05) is 48.9 Å². The van der Waals surface area contributed by atoms with Crippen LogP contribution >= 0.6 is 23.8 Å². The number of nitrogens with zero attached hydrogens (tertiary/aromatic N) is 1. The van der Waals surface area contributed by atoms with Crippen molar-refractivity contribution in [3.63, 3.8) is 0 Å². The first kappa shape index (κ1) is 14.9. The van der Waals surface area contributed by atoms with E-state index in [9.17, 15) is 4.79 Å². The minimum atomic E-state index is 0.00574. The molecular formula is C13H17ClN2OS. The van der Waals surface area contributed by atoms with Gasteiger partial charge in [0.15, 0.2) is 0 Å². The van der Waals surface area contributed by atoms with Crippen LogP contribution in [0.2, 0.25) is 5.02 Å². The highest BCUT2D eigenvalue weighted by molar-refractivity contribution is 7.80. The van der Waals surface area contributed by atoms with Crippen molar-refractivity contribution >= 4 is 34.7 Å². The zero-order chi connectivity index (χ0) is 13.7. The van der Waals surface area contributed by atoms with Gasteiger partial charge in [-0.2, -0.15) is 0 Å². The van der Waals surface area contributed by atoms with Crippen molar-refractivity contribution in [1.82, 2.24) is 4.90 Å². The van der Waals surface area contributed by atoms with Crippen LogP contribution in [-0.2, 0) is 11.2 Å². The van der Waals surface area contributed by atoms with Crippen molar-refractivity contribution in [2.45, 2.75) is 13.3 Å². The molecule has 0 aliphatic rings. The SMILES string of the molecule is CC(CN(C)C(=O)Cc1ccccc1Cl)C(N)=S. The standard InChI is InChI=1S/C13H17ClN2OS/c1-9(13(15)18)8-16(2)12(17)7-10-5-3-4-6-11(10)14/h3-6,9H,7-8H2,1-2H3,(H2,15,18). The lowest BCUT2D eigenvalue weighted by atomic mass is 10.1. The van der Waals surface area contributed by atoms with E-state index in [0.717, 1.165) is 5.56 Å². The van der Waals surface area contributed by atoms with Crippen LogP contribution in [0.1, 0.15) is 12.5 Å². The van der Waals surface area contributed by atoms with Gasteiger partial charge in [0.2, 0.25) is 5.91 Å². The summed E-state index contributed by atoms with van der Waals surface area (Å²) in [4.78, 5) is 14.1. The van der Waals surface area contributed by atoms with Crippen LogP contribution in [-0.4, -0.2) is 29.4 Å². The van der Waals surface area contributed by atoms with E-state index in [-0.39, 0.29) is 11.8 Å². The number of nitrogens with two attached hydrogens (primary N) is 1. The average molecular weight is 285 g/mol. The number of carbonyl (C=O) groups excluding carboxylic acids is 1. The summed E-state index contributed by atoms with van der Waals surface area (Å²) in [5.74, 6) is 0.0198. The number of thiocarbonyl (C=S) groups is 1. The van der Waals surface area contributed by atoms with Crippen molar-refractivity contribution in [2.24, 2.45) is 11.7 Å². The zero-order valence-electron chi connectivity index (χ0n) is 10.5. The Morgan fingerprint density at radius 3 is 2.67 bits per heavy atom. The van der Waals surface area contributed by atoms with E-state index in [1.807, 2.05) is 25.1 Å². The summed E-state index contributed by atoms with van der Waals surface area (Å²) in [5, 5.41) is 0.613. The molecule has 0 fully saturated rings. The molecule has 0 bridgehead atoms. The summed E-state index contributed by atoms with van der Waals surface area (Å²) in [6.45, 7) is 2.43. The molecule has 18 heavy (non-hydrogen) atoms. The zero-order valence-corrected chi connectivity index (χ0v) is 12.1. The lowest BCUT2D eigenvalue weighted by molar-refractivity contribution is -0.129. The monoisotopic (exact) mass is 284 g/mol. The van der Waals surface area contributed by atoms with Crippen LogP contribution in [0.3, 0.4) is 0 Å². The highest BCUT2D eigenvalue weighted by atomic mass is 35.5. The molecule has 1 rings (SSSR count). The Labute approximate surface area is 118 Å². The molecule has 0 aromatic heterocycles. The average Bonchev–Trinajstić information content (AvgIpc) is 2.31. The molecule has 0 heterocycles. The molecule has 98 valence electrons. The molecule has 0 aliphatic carbocycles. The van der Waals surface area contributed by atoms with Gasteiger partial charge in [0.1, 0.15) is 0 Å². The minimum absolute atomic E-state index is 0.00574. The van der Waals surface area contributed by atoms with Gasteiger partial charge in [-0.3, -0.25) is 4.79 Å². The van der Waals surface area contributed by atoms with Crippen LogP contribution in [0.25, 0.3) is 0 Å². The number of hydrogen-bond donors (Lipinski definition) is 1. The number of rotatable bonds is 5. The molecule has 1 aromatic rings. The maximum atomic E-state index is 12.0. The van der Waals surface area contributed by atoms with Crippen LogP contribution in [0.4, 0.5) is 0 Å². The second-order valence-electron chi connectivity index (χ2n) is 4.35. The van der Waals surface area contributed by atoms with E-state index in [1.54, 1.807) is 18.0 Å². The number of benzene rings is 1. The molecule has 0 aliphatic heterocycles. The van der Waals surface area contributed by atoms with Gasteiger partial charge in [-0.05, 0) is 11.6 Å². The predicted octanol–water partition coefficient (Wildman–Crippen LogP) is 2.26. The largest absolute Gasteiger partial charge is 0.393 e. The normalized spacial score (nSPS) is 11.9. The number of amides is 1. The molecule has 0 radical (unpaired) electrons. The fourth-order valence-corrected chi connectivity index (χ4v) is 1.82. The van der Waals surface area contributed by atoms with Crippen LogP contribution in [0.5, 0.6) is 0 Å². The third-order valence-electron chi connectivity index (χ3n) is 2.76. The molecule has 3 nitrogen and oxygen atoms in total. The molecule has 0 spiro atoms. The Kier molecular flexibility index (Phi) is 5.56. The van der Waals surface area contributed by atoms with E-state index in [0.29, 0.717) is 23.0 Å². The van der Waals surface area contributed by atoms with Gasteiger partial charge < -0.3 is 10.6 Å². The van der Waals surface area contributed by atoms with Crippen molar-refractivity contribution in [3.8, 4) is 0 Å². The van der Waals surface area contributed by atoms with Crippen LogP contribution < -0.4 is 5.73 Å². The first-order valence-electron chi connectivity index (χ1n) is 5.68. The molecular weight excluding hydrogens is 268 g/mol. The summed E-state index contributed by atoms with van der Waals surface area (Å²) in [6, 6.07) is 7.34. The lowest BCUT2D eigenvalue weighted by Gasteiger charge is -2.21. The second-order valence-corrected chi connectivity index (χ2v) is 5.22. The Hall–Kier alpha value is -1.13. The Bertz CT molecular complexity index is 450. The number of carbonyl (C=O) groups is 1. The topological polar surface area (TPSA) is 46.3 Å². The van der Waals surface area contributed by atoms with Gasteiger partial charge in [-0.15, -0.1) is 0 Å². The van der Waals surface area contributed by atoms with E-state index in [2.05, 4.69) is 0 Å². The maximum Gasteiger partial charge on any atom is 0.226 e. The molecule has 0 saturated carbocycles. The number of likely N-dealkylation sites (N-methyl/N-ethyl adjacent to an activating group) is 1. The summed E-state index contributed by atoms with van der Waals surface area (Å²) in [5.41, 5.74) is 6.37. The number of halogens is 1. The fourth-order valence-electron chi connectivity index (χ4n) is 1.54. The van der Waals surface area contributed by atoms with Crippen LogP contribution in [0.15, 0.2) is 24.3 Å². The van der Waals surface area contributed by atoms with Crippen molar-refractivity contribution in [3.05, 3.63) is 34.9 Å². The smallest absolute Gasteiger partial charge is 0.226 e. The predicted molar refractivity (Wildman–Crippen MR) is 78.7 cm³/mol. The summed E-state index contributed by atoms with van der Waals surface area (Å²) >= 11 is 10.9. The number of hydrogen-bond acceptors (Lipinski definition) is 2. The van der Waals surface area contributed by atoms with Gasteiger partial charge in [0.25, 0.3) is 0 Å². The molecule has 1 aromatic carbocycles. The van der Waals surface area contributed by atoms with E-state index in [4.69, 9.17) is 29.6 Å². The van der Waals surface area contributed by atoms with Gasteiger partial charge >= 0.3 is 0 Å². The van der Waals surface area contributed by atoms with Crippen molar-refractivity contribution in [1.29, 1.82) is 0 Å². The van der Waals surface area contributed by atoms with E-state index < -0.39 is 0 Å². The lowest BCUT2D eigenvalue weighted by Crippen LogP contribution is -2.36. The molecule has 1 atom stereocenters. The summed E-state index contributed by atoms with van der Waals surface area (Å²) < 4.78 is 0. The first-order valence-corrected chi connectivity index (χ1v) is 6.47. The summed E-state index contributed by atoms with van der Waals surface area (Å²) in [6.07, 6.45) is 0.292. The summed E-state index contributed by atoms with van der Waals surface area (Å²) in [7, 11) is 1.74. The fraction of sp³-hybridized carbons (Fsp3) is 0.385. The van der Waals surface area contributed by atoms with E-state index >= 15 is 0 Å². The highest BCUT2D eigenvalue weighted by Crippen LogP contribution is 2.16. The quantitative estimate of drug-likeness (QED) is 0.844.